The van der Waals surface area contributed by atoms with Crippen molar-refractivity contribution in [3.63, 3.8) is 0 Å². The van der Waals surface area contributed by atoms with Crippen molar-refractivity contribution in [2.24, 2.45) is 11.8 Å². The van der Waals surface area contributed by atoms with Gasteiger partial charge in [0.2, 0.25) is 11.8 Å². The number of hydrogen-bond acceptors (Lipinski definition) is 8. The average molecular weight is 767 g/mol. The Morgan fingerprint density at radius 2 is 0.904 bits per heavy atom. The fourth-order valence-corrected chi connectivity index (χ4v) is 9.93. The second kappa shape index (κ2) is 23.1. The number of urea groups is 2. The maximum atomic E-state index is 13.5. The molecule has 2 aliphatic carbocycles. The molecule has 12 nitrogen and oxygen atoms in total. The van der Waals surface area contributed by atoms with E-state index >= 15 is 0 Å². The molecule has 0 spiro atoms. The van der Waals surface area contributed by atoms with Gasteiger partial charge in [0.25, 0.3) is 0 Å². The van der Waals surface area contributed by atoms with Crippen molar-refractivity contribution in [3.05, 3.63) is 0 Å². The molecule has 2 atom stereocenters. The van der Waals surface area contributed by atoms with Gasteiger partial charge in [0.15, 0.2) is 0 Å². The van der Waals surface area contributed by atoms with Crippen LogP contribution in [-0.2, 0) is 9.59 Å². The van der Waals surface area contributed by atoms with Crippen LogP contribution in [0, 0.1) is 11.8 Å². The number of hydrogen-bond donors (Lipinski definition) is 2. The standard InChI is InChI=1S/C38H70N8O4S2/c1-31(35(47)43-23-19-41(3)20-24-43)39-37(49)45(17-15-33-11-7-5-8-12-33)27-29-51-52-30-28-46(18-16-34-13-9-6-10-14-34)38(50)40-32(2)36(48)44-25-21-42(4)22-26-44/h31-34H,5-30H2,1-4H3,(H,39,49)(H,40,50). The maximum Gasteiger partial charge on any atom is 0.318 e. The number of carbonyl (C=O) groups excluding carboxylic acids is 4. The summed E-state index contributed by atoms with van der Waals surface area (Å²) in [4.78, 5) is 65.4. The van der Waals surface area contributed by atoms with Gasteiger partial charge in [-0.2, -0.15) is 0 Å². The van der Waals surface area contributed by atoms with Crippen molar-refractivity contribution in [1.29, 1.82) is 0 Å². The number of carbonyl (C=O) groups is 4. The van der Waals surface area contributed by atoms with Crippen LogP contribution in [0.5, 0.6) is 0 Å². The van der Waals surface area contributed by atoms with Crippen LogP contribution >= 0.6 is 21.6 Å². The minimum Gasteiger partial charge on any atom is -0.338 e. The molecular weight excluding hydrogens is 697 g/mol. The largest absolute Gasteiger partial charge is 0.338 e. The lowest BCUT2D eigenvalue weighted by Gasteiger charge is -2.34. The van der Waals surface area contributed by atoms with Crippen LogP contribution in [0.25, 0.3) is 0 Å². The zero-order chi connectivity index (χ0) is 37.3. The van der Waals surface area contributed by atoms with E-state index in [-0.39, 0.29) is 23.9 Å². The van der Waals surface area contributed by atoms with Crippen molar-refractivity contribution < 1.29 is 19.2 Å². The second-order valence-corrected chi connectivity index (χ2v) is 18.5. The van der Waals surface area contributed by atoms with E-state index in [0.717, 1.165) is 50.5 Å². The van der Waals surface area contributed by atoms with Gasteiger partial charge in [0.1, 0.15) is 12.1 Å². The Bertz CT molecular complexity index is 1010. The summed E-state index contributed by atoms with van der Waals surface area (Å²) >= 11 is 0. The molecule has 2 N–H and O–H groups in total. The first-order valence-electron chi connectivity index (χ1n) is 20.4. The highest BCUT2D eigenvalue weighted by atomic mass is 33.1. The Balaban J connectivity index is 1.24. The zero-order valence-electron chi connectivity index (χ0n) is 32.8. The first kappa shape index (κ1) is 42.8. The van der Waals surface area contributed by atoms with Crippen LogP contribution < -0.4 is 10.6 Å². The SMILES string of the molecule is CC(NC(=O)N(CCSSCCN(CCC1CCCCC1)C(=O)NC(C)C(=O)N1CCN(C)CC1)CCC1CCCCC1)C(=O)N1CCN(C)CC1. The molecule has 2 saturated carbocycles. The van der Waals surface area contributed by atoms with Crippen molar-refractivity contribution >= 4 is 45.5 Å². The molecule has 4 aliphatic rings. The van der Waals surface area contributed by atoms with E-state index in [9.17, 15) is 19.2 Å². The molecule has 6 amide bonds. The minimum atomic E-state index is -0.555. The lowest BCUT2D eigenvalue weighted by Crippen LogP contribution is -2.55. The van der Waals surface area contributed by atoms with E-state index in [0.29, 0.717) is 64.2 Å². The van der Waals surface area contributed by atoms with Gasteiger partial charge < -0.3 is 40.0 Å². The lowest BCUT2D eigenvalue weighted by atomic mass is 9.87. The summed E-state index contributed by atoms with van der Waals surface area (Å²) < 4.78 is 0. The van der Waals surface area contributed by atoms with Crippen molar-refractivity contribution in [3.8, 4) is 0 Å². The number of likely N-dealkylation sites (N-methyl/N-ethyl adjacent to an activating group) is 2. The highest BCUT2D eigenvalue weighted by Gasteiger charge is 2.28. The van der Waals surface area contributed by atoms with E-state index in [2.05, 4.69) is 34.5 Å². The third-order valence-electron chi connectivity index (χ3n) is 11.7. The second-order valence-electron chi connectivity index (χ2n) is 15.8. The Labute approximate surface area is 322 Å². The van der Waals surface area contributed by atoms with Crippen LogP contribution in [0.3, 0.4) is 0 Å². The van der Waals surface area contributed by atoms with Crippen LogP contribution in [0.1, 0.15) is 90.9 Å². The molecular formula is C38H70N8O4S2. The quantitative estimate of drug-likeness (QED) is 0.163. The van der Waals surface area contributed by atoms with Gasteiger partial charge in [-0.1, -0.05) is 85.8 Å². The molecule has 2 unspecified atom stereocenters. The molecule has 298 valence electrons. The summed E-state index contributed by atoms with van der Waals surface area (Å²) in [6.45, 7) is 12.5. The molecule has 4 rings (SSSR count). The monoisotopic (exact) mass is 766 g/mol. The predicted octanol–water partition coefficient (Wildman–Crippen LogP) is 4.66. The molecule has 2 aliphatic heterocycles. The van der Waals surface area contributed by atoms with Crippen LogP contribution in [0.2, 0.25) is 0 Å². The van der Waals surface area contributed by atoms with Crippen LogP contribution in [0.4, 0.5) is 9.59 Å². The van der Waals surface area contributed by atoms with Crippen LogP contribution in [-0.4, -0.2) is 169 Å². The first-order chi connectivity index (χ1) is 25.1. The Hall–Kier alpha value is -1.90. The Kier molecular flexibility index (Phi) is 19.0. The summed E-state index contributed by atoms with van der Waals surface area (Å²) in [7, 11) is 7.61. The lowest BCUT2D eigenvalue weighted by molar-refractivity contribution is -0.135. The van der Waals surface area contributed by atoms with Gasteiger partial charge in [-0.25, -0.2) is 9.59 Å². The van der Waals surface area contributed by atoms with E-state index in [1.165, 1.54) is 64.2 Å². The molecule has 0 aromatic rings. The van der Waals surface area contributed by atoms with E-state index in [1.54, 1.807) is 21.6 Å². The van der Waals surface area contributed by atoms with Gasteiger partial charge in [0.05, 0.1) is 0 Å². The molecule has 0 aromatic heterocycles. The summed E-state index contributed by atoms with van der Waals surface area (Å²) in [5, 5.41) is 6.06. The van der Waals surface area contributed by atoms with Crippen molar-refractivity contribution in [1.82, 2.24) is 40.0 Å². The minimum absolute atomic E-state index is 0.00576. The number of nitrogens with one attached hydrogen (secondary N) is 2. The summed E-state index contributed by atoms with van der Waals surface area (Å²) in [5.74, 6) is 2.87. The highest BCUT2D eigenvalue weighted by molar-refractivity contribution is 8.76. The number of piperazine rings is 2. The Morgan fingerprint density at radius 1 is 0.558 bits per heavy atom. The van der Waals surface area contributed by atoms with Gasteiger partial charge in [-0.15, -0.1) is 0 Å². The zero-order valence-corrected chi connectivity index (χ0v) is 34.5. The number of amides is 6. The van der Waals surface area contributed by atoms with Crippen molar-refractivity contribution in [2.75, 3.05) is 104 Å². The fourth-order valence-electron chi connectivity index (χ4n) is 7.95. The normalized spacial score (nSPS) is 21.0. The van der Waals surface area contributed by atoms with E-state index in [4.69, 9.17) is 0 Å². The third kappa shape index (κ3) is 14.7. The smallest absolute Gasteiger partial charge is 0.318 e. The van der Waals surface area contributed by atoms with Crippen LogP contribution in [0.15, 0.2) is 0 Å². The third-order valence-corrected chi connectivity index (χ3v) is 14.0. The molecule has 2 heterocycles. The topological polar surface area (TPSA) is 112 Å². The summed E-state index contributed by atoms with van der Waals surface area (Å²) in [6, 6.07) is -1.41. The van der Waals surface area contributed by atoms with Gasteiger partial charge in [-0.05, 0) is 52.6 Å². The summed E-state index contributed by atoms with van der Waals surface area (Å²) in [6.07, 6.45) is 14.7. The molecule has 4 fully saturated rings. The predicted molar refractivity (Wildman–Crippen MR) is 215 cm³/mol. The average Bonchev–Trinajstić information content (AvgIpc) is 3.16. The molecule has 2 saturated heterocycles. The van der Waals surface area contributed by atoms with Gasteiger partial charge in [-0.3, -0.25) is 9.59 Å². The van der Waals surface area contributed by atoms with E-state index < -0.39 is 12.1 Å². The number of nitrogens with zero attached hydrogens (tertiary/aromatic N) is 6. The molecule has 52 heavy (non-hydrogen) atoms. The maximum absolute atomic E-state index is 13.5. The van der Waals surface area contributed by atoms with Crippen molar-refractivity contribution in [2.45, 2.75) is 103 Å². The fraction of sp³-hybridized carbons (Fsp3) is 0.895. The van der Waals surface area contributed by atoms with E-state index in [1.807, 2.05) is 33.4 Å². The van der Waals surface area contributed by atoms with Gasteiger partial charge in [0, 0.05) is 90.0 Å². The summed E-state index contributed by atoms with van der Waals surface area (Å²) in [5.41, 5.74) is 0. The molecule has 0 aromatic carbocycles. The molecule has 0 bridgehead atoms. The Morgan fingerprint density at radius 3 is 1.25 bits per heavy atom. The first-order valence-corrected chi connectivity index (χ1v) is 22.9. The molecule has 14 heteroatoms. The molecule has 0 radical (unpaired) electrons. The van der Waals surface area contributed by atoms with Gasteiger partial charge >= 0.3 is 12.1 Å². The highest BCUT2D eigenvalue weighted by Crippen LogP contribution is 2.28. The number of rotatable bonds is 17.